The van der Waals surface area contributed by atoms with E-state index in [1.807, 2.05) is 6.92 Å². The van der Waals surface area contributed by atoms with Gasteiger partial charge in [0.1, 0.15) is 12.2 Å². The number of ether oxygens (including phenoxy) is 1. The van der Waals surface area contributed by atoms with Crippen LogP contribution in [0.1, 0.15) is 13.3 Å². The minimum absolute atomic E-state index is 0.0766. The van der Waals surface area contributed by atoms with E-state index in [9.17, 15) is 18.4 Å². The van der Waals surface area contributed by atoms with E-state index in [4.69, 9.17) is 4.74 Å². The number of hydrogen-bond donors (Lipinski definition) is 2. The molecule has 0 heterocycles. The molecule has 0 spiro atoms. The van der Waals surface area contributed by atoms with Gasteiger partial charge >= 0.3 is 0 Å². The van der Waals surface area contributed by atoms with Crippen molar-refractivity contribution in [3.8, 4) is 5.75 Å². The molecule has 0 saturated carbocycles. The summed E-state index contributed by atoms with van der Waals surface area (Å²) in [6, 6.07) is 9.64. The number of nitrogens with one attached hydrogen (secondary N) is 2. The van der Waals surface area contributed by atoms with Crippen LogP contribution in [0.25, 0.3) is 0 Å². The number of carbonyl (C=O) groups excluding carboxylic acids is 2. The Morgan fingerprint density at radius 2 is 1.50 bits per heavy atom. The second kappa shape index (κ2) is 8.05. The molecule has 2 aromatic carbocycles. The Hall–Kier alpha value is -2.96. The molecular formula is C17H16F2N2O3. The lowest BCUT2D eigenvalue weighted by Gasteiger charge is -2.08. The van der Waals surface area contributed by atoms with Gasteiger partial charge in [0.25, 0.3) is 0 Å². The van der Waals surface area contributed by atoms with Crippen LogP contribution in [0, 0.1) is 11.6 Å². The van der Waals surface area contributed by atoms with E-state index in [1.54, 1.807) is 24.3 Å². The summed E-state index contributed by atoms with van der Waals surface area (Å²) in [5.41, 5.74) is 0.594. The van der Waals surface area contributed by atoms with Crippen molar-refractivity contribution in [2.75, 3.05) is 17.2 Å². The van der Waals surface area contributed by atoms with Crippen LogP contribution >= 0.6 is 0 Å². The molecule has 0 aliphatic carbocycles. The molecule has 0 atom stereocenters. The van der Waals surface area contributed by atoms with Gasteiger partial charge in [0.2, 0.25) is 11.8 Å². The standard InChI is InChI=1S/C17H16F2N2O3/c1-2-24-13-6-3-11(4-7-13)20-16(22)10-17(23)21-12-5-8-14(18)15(19)9-12/h3-9H,2,10H2,1H3,(H,20,22)(H,21,23). The van der Waals surface area contributed by atoms with E-state index in [-0.39, 0.29) is 5.69 Å². The van der Waals surface area contributed by atoms with Crippen LogP contribution in [0.5, 0.6) is 5.75 Å². The van der Waals surface area contributed by atoms with Gasteiger partial charge in [0.05, 0.1) is 6.61 Å². The van der Waals surface area contributed by atoms with E-state index < -0.39 is 29.9 Å². The quantitative estimate of drug-likeness (QED) is 0.796. The molecule has 2 amide bonds. The van der Waals surface area contributed by atoms with Crippen molar-refractivity contribution in [3.63, 3.8) is 0 Å². The van der Waals surface area contributed by atoms with Crippen LogP contribution in [-0.4, -0.2) is 18.4 Å². The first-order valence-corrected chi connectivity index (χ1v) is 7.25. The number of benzene rings is 2. The summed E-state index contributed by atoms with van der Waals surface area (Å²) >= 11 is 0. The second-order valence-electron chi connectivity index (χ2n) is 4.86. The molecule has 126 valence electrons. The van der Waals surface area contributed by atoms with Crippen molar-refractivity contribution in [2.45, 2.75) is 13.3 Å². The zero-order chi connectivity index (χ0) is 17.5. The Morgan fingerprint density at radius 3 is 2.08 bits per heavy atom. The Kier molecular flexibility index (Phi) is 5.83. The van der Waals surface area contributed by atoms with Gasteiger partial charge in [-0.2, -0.15) is 0 Å². The van der Waals surface area contributed by atoms with Gasteiger partial charge in [-0.25, -0.2) is 8.78 Å². The third kappa shape index (κ3) is 5.05. The van der Waals surface area contributed by atoms with Crippen LogP contribution < -0.4 is 15.4 Å². The number of rotatable bonds is 6. The first-order chi connectivity index (χ1) is 11.5. The van der Waals surface area contributed by atoms with Crippen LogP contribution in [-0.2, 0) is 9.59 Å². The van der Waals surface area contributed by atoms with Gasteiger partial charge in [0, 0.05) is 17.4 Å². The summed E-state index contributed by atoms with van der Waals surface area (Å²) in [5.74, 6) is -2.58. The molecule has 2 aromatic rings. The first-order valence-electron chi connectivity index (χ1n) is 7.25. The Labute approximate surface area is 137 Å². The number of amides is 2. The molecule has 5 nitrogen and oxygen atoms in total. The Morgan fingerprint density at radius 1 is 0.917 bits per heavy atom. The zero-order valence-corrected chi connectivity index (χ0v) is 12.9. The first kappa shape index (κ1) is 17.4. The van der Waals surface area contributed by atoms with Gasteiger partial charge in [-0.15, -0.1) is 0 Å². The average molecular weight is 334 g/mol. The molecule has 0 aromatic heterocycles. The van der Waals surface area contributed by atoms with E-state index in [2.05, 4.69) is 10.6 Å². The number of carbonyl (C=O) groups is 2. The summed E-state index contributed by atoms with van der Waals surface area (Å²) in [5, 5.41) is 4.89. The summed E-state index contributed by atoms with van der Waals surface area (Å²) < 4.78 is 31.1. The van der Waals surface area contributed by atoms with Crippen LogP contribution in [0.15, 0.2) is 42.5 Å². The third-order valence-electron chi connectivity index (χ3n) is 2.97. The van der Waals surface area contributed by atoms with Gasteiger partial charge in [-0.05, 0) is 43.3 Å². The summed E-state index contributed by atoms with van der Waals surface area (Å²) in [4.78, 5) is 23.5. The van der Waals surface area contributed by atoms with E-state index in [0.29, 0.717) is 18.0 Å². The zero-order valence-electron chi connectivity index (χ0n) is 12.9. The maximum Gasteiger partial charge on any atom is 0.233 e. The van der Waals surface area contributed by atoms with Crippen LogP contribution in [0.2, 0.25) is 0 Å². The lowest BCUT2D eigenvalue weighted by Crippen LogP contribution is -2.21. The van der Waals surface area contributed by atoms with E-state index >= 15 is 0 Å². The molecule has 2 N–H and O–H groups in total. The van der Waals surface area contributed by atoms with Gasteiger partial charge in [-0.1, -0.05) is 0 Å². The third-order valence-corrected chi connectivity index (χ3v) is 2.97. The molecule has 0 fully saturated rings. The lowest BCUT2D eigenvalue weighted by molar-refractivity contribution is -0.123. The van der Waals surface area contributed by atoms with Crippen molar-refractivity contribution in [1.29, 1.82) is 0 Å². The van der Waals surface area contributed by atoms with Crippen molar-refractivity contribution in [3.05, 3.63) is 54.1 Å². The van der Waals surface area contributed by atoms with Crippen LogP contribution in [0.4, 0.5) is 20.2 Å². The monoisotopic (exact) mass is 334 g/mol. The highest BCUT2D eigenvalue weighted by Crippen LogP contribution is 2.16. The van der Waals surface area contributed by atoms with Gasteiger partial charge in [0.15, 0.2) is 11.6 Å². The number of anilines is 2. The van der Waals surface area contributed by atoms with Crippen molar-refractivity contribution in [2.24, 2.45) is 0 Å². The number of halogens is 2. The van der Waals surface area contributed by atoms with Gasteiger partial charge < -0.3 is 15.4 Å². The molecule has 0 unspecified atom stereocenters. The summed E-state index contributed by atoms with van der Waals surface area (Å²) in [7, 11) is 0. The molecule has 0 aliphatic rings. The molecule has 7 heteroatoms. The summed E-state index contributed by atoms with van der Waals surface area (Å²) in [6.45, 7) is 2.40. The van der Waals surface area contributed by atoms with Crippen molar-refractivity contribution in [1.82, 2.24) is 0 Å². The molecule has 0 bridgehead atoms. The predicted molar refractivity (Wildman–Crippen MR) is 85.8 cm³/mol. The van der Waals surface area contributed by atoms with E-state index in [1.165, 1.54) is 6.07 Å². The highest BCUT2D eigenvalue weighted by atomic mass is 19.2. The molecule has 0 radical (unpaired) electrons. The second-order valence-corrected chi connectivity index (χ2v) is 4.86. The highest BCUT2D eigenvalue weighted by Gasteiger charge is 2.11. The summed E-state index contributed by atoms with van der Waals surface area (Å²) in [6.07, 6.45) is -0.452. The largest absolute Gasteiger partial charge is 0.494 e. The smallest absolute Gasteiger partial charge is 0.233 e. The van der Waals surface area contributed by atoms with Crippen molar-refractivity contribution >= 4 is 23.2 Å². The number of hydrogen-bond acceptors (Lipinski definition) is 3. The fourth-order valence-corrected chi connectivity index (χ4v) is 1.93. The Balaban J connectivity index is 1.86. The van der Waals surface area contributed by atoms with Crippen LogP contribution in [0.3, 0.4) is 0 Å². The maximum atomic E-state index is 13.1. The fourth-order valence-electron chi connectivity index (χ4n) is 1.93. The topological polar surface area (TPSA) is 67.4 Å². The minimum Gasteiger partial charge on any atom is -0.494 e. The minimum atomic E-state index is -1.08. The maximum absolute atomic E-state index is 13.1. The average Bonchev–Trinajstić information content (AvgIpc) is 2.53. The molecular weight excluding hydrogens is 318 g/mol. The lowest BCUT2D eigenvalue weighted by atomic mass is 10.2. The Bertz CT molecular complexity index is 733. The molecule has 0 saturated heterocycles. The van der Waals surface area contributed by atoms with Gasteiger partial charge in [-0.3, -0.25) is 9.59 Å². The predicted octanol–water partition coefficient (Wildman–Crippen LogP) is 3.33. The normalized spacial score (nSPS) is 10.1. The molecule has 2 rings (SSSR count). The molecule has 24 heavy (non-hydrogen) atoms. The van der Waals surface area contributed by atoms with Crippen molar-refractivity contribution < 1.29 is 23.1 Å². The highest BCUT2D eigenvalue weighted by molar-refractivity contribution is 6.08. The SMILES string of the molecule is CCOc1ccc(NC(=O)CC(=O)Nc2ccc(F)c(F)c2)cc1. The molecule has 0 aliphatic heterocycles. The van der Waals surface area contributed by atoms with E-state index in [0.717, 1.165) is 12.1 Å². The fraction of sp³-hybridized carbons (Fsp3) is 0.176.